The molecule has 0 saturated carbocycles. The second kappa shape index (κ2) is 8.95. The molecule has 19 heavy (non-hydrogen) atoms. The molecule has 0 spiro atoms. The van der Waals surface area contributed by atoms with Crippen LogP contribution in [-0.2, 0) is 19.2 Å². The highest BCUT2D eigenvalue weighted by molar-refractivity contribution is 6.28. The molecule has 2 N–H and O–H groups in total. The Morgan fingerprint density at radius 1 is 0.842 bits per heavy atom. The van der Waals surface area contributed by atoms with Gasteiger partial charge in [-0.3, -0.25) is 9.59 Å². The Morgan fingerprint density at radius 2 is 1.21 bits per heavy atom. The lowest BCUT2D eigenvalue weighted by atomic mass is 10.3. The number of benzene rings is 1. The minimum Gasteiger partial charge on any atom is -0.269 e. The summed E-state index contributed by atoms with van der Waals surface area (Å²) < 4.78 is 0. The van der Waals surface area contributed by atoms with E-state index in [1.54, 1.807) is 24.3 Å². The minimum atomic E-state index is -0.281. The van der Waals surface area contributed by atoms with Gasteiger partial charge >= 0.3 is 0 Å². The number of nitrogens with zero attached hydrogens (tertiary/aromatic N) is 1. The van der Waals surface area contributed by atoms with Gasteiger partial charge in [-0.15, -0.1) is 0 Å². The Morgan fingerprint density at radius 3 is 1.58 bits per heavy atom. The van der Waals surface area contributed by atoms with Crippen molar-refractivity contribution in [3.05, 3.63) is 42.5 Å². The van der Waals surface area contributed by atoms with Crippen LogP contribution in [0.15, 0.2) is 42.5 Å². The van der Waals surface area contributed by atoms with Gasteiger partial charge in [0.15, 0.2) is 0 Å². The van der Waals surface area contributed by atoms with Crippen molar-refractivity contribution in [2.24, 2.45) is 0 Å². The molecular formula is C12H9N3O4. The maximum atomic E-state index is 11.2. The molecule has 0 bridgehead atoms. The Hall–Kier alpha value is -3.14. The highest BCUT2D eigenvalue weighted by atomic mass is 16.2. The zero-order valence-electron chi connectivity index (χ0n) is 9.62. The van der Waals surface area contributed by atoms with Gasteiger partial charge in [0.05, 0.1) is 5.69 Å². The molecule has 96 valence electrons. The SMILES string of the molecule is N=C=O.N=C=O.O=C1C=CC(=O)N1c1ccccc1. The number of carbonyl (C=O) groups excluding carboxylic acids is 4. The van der Waals surface area contributed by atoms with E-state index in [-0.39, 0.29) is 11.8 Å². The van der Waals surface area contributed by atoms with Gasteiger partial charge < -0.3 is 0 Å². The number of para-hydroxylation sites is 1. The second-order valence-electron chi connectivity index (χ2n) is 2.88. The van der Waals surface area contributed by atoms with Crippen molar-refractivity contribution < 1.29 is 19.2 Å². The third-order valence-corrected chi connectivity index (χ3v) is 1.82. The van der Waals surface area contributed by atoms with Crippen LogP contribution in [0.4, 0.5) is 5.69 Å². The summed E-state index contributed by atoms with van der Waals surface area (Å²) in [7, 11) is 0. The van der Waals surface area contributed by atoms with E-state index < -0.39 is 0 Å². The smallest absolute Gasteiger partial charge is 0.258 e. The van der Waals surface area contributed by atoms with E-state index in [9.17, 15) is 9.59 Å². The number of anilines is 1. The molecule has 0 atom stereocenters. The summed E-state index contributed by atoms with van der Waals surface area (Å²) >= 11 is 0. The number of imide groups is 1. The van der Waals surface area contributed by atoms with Crippen LogP contribution in [0.5, 0.6) is 0 Å². The van der Waals surface area contributed by atoms with E-state index in [0.29, 0.717) is 5.69 Å². The molecule has 1 aromatic carbocycles. The highest BCUT2D eigenvalue weighted by Crippen LogP contribution is 2.17. The predicted molar refractivity (Wildman–Crippen MR) is 64.9 cm³/mol. The zero-order chi connectivity index (χ0) is 14.7. The van der Waals surface area contributed by atoms with Gasteiger partial charge in [-0.25, -0.2) is 25.3 Å². The number of isocyanates is 2. The summed E-state index contributed by atoms with van der Waals surface area (Å²) in [6.45, 7) is 0. The average molecular weight is 259 g/mol. The fraction of sp³-hybridized carbons (Fsp3) is 0. The predicted octanol–water partition coefficient (Wildman–Crippen LogP) is 0.918. The molecular weight excluding hydrogens is 250 g/mol. The standard InChI is InChI=1S/C10H7NO2.2CHNO/c12-9-6-7-10(13)11(9)8-4-2-1-3-5-8;2*2-1-3/h1-7H;2*2H. The van der Waals surface area contributed by atoms with Crippen LogP contribution in [-0.4, -0.2) is 24.0 Å². The molecule has 0 aromatic heterocycles. The lowest BCUT2D eigenvalue weighted by molar-refractivity contribution is -0.119. The van der Waals surface area contributed by atoms with E-state index in [2.05, 4.69) is 0 Å². The van der Waals surface area contributed by atoms with Crippen LogP contribution in [0.3, 0.4) is 0 Å². The summed E-state index contributed by atoms with van der Waals surface area (Å²) in [5, 5.41) is 10.8. The average Bonchev–Trinajstić information content (AvgIpc) is 2.72. The van der Waals surface area contributed by atoms with Crippen molar-refractivity contribution in [2.75, 3.05) is 4.90 Å². The van der Waals surface area contributed by atoms with Crippen LogP contribution < -0.4 is 4.90 Å². The van der Waals surface area contributed by atoms with Crippen LogP contribution >= 0.6 is 0 Å². The van der Waals surface area contributed by atoms with Crippen molar-refractivity contribution in [1.82, 2.24) is 0 Å². The van der Waals surface area contributed by atoms with Gasteiger partial charge in [0, 0.05) is 12.2 Å². The second-order valence-corrected chi connectivity index (χ2v) is 2.88. The molecule has 1 aliphatic rings. The molecule has 1 heterocycles. The van der Waals surface area contributed by atoms with Crippen LogP contribution in [0.2, 0.25) is 0 Å². The Labute approximate surface area is 108 Å². The molecule has 2 amide bonds. The third kappa shape index (κ3) is 5.14. The number of hydrogen-bond donors (Lipinski definition) is 2. The van der Waals surface area contributed by atoms with Gasteiger partial charge in [0.2, 0.25) is 12.2 Å². The fourth-order valence-corrected chi connectivity index (χ4v) is 1.23. The van der Waals surface area contributed by atoms with Crippen molar-refractivity contribution in [2.45, 2.75) is 0 Å². The van der Waals surface area contributed by atoms with E-state index in [1.807, 2.05) is 6.07 Å². The Kier molecular flexibility index (Phi) is 7.47. The van der Waals surface area contributed by atoms with Gasteiger partial charge in [0.1, 0.15) is 0 Å². The number of rotatable bonds is 1. The summed E-state index contributed by atoms with van der Waals surface area (Å²) in [5.41, 5.74) is 0.613. The number of carbonyl (C=O) groups is 2. The van der Waals surface area contributed by atoms with E-state index in [0.717, 1.165) is 17.1 Å². The number of nitrogens with one attached hydrogen (secondary N) is 2. The van der Waals surface area contributed by atoms with Crippen molar-refractivity contribution in [3.8, 4) is 0 Å². The Bertz CT molecular complexity index is 509. The first-order chi connectivity index (χ1) is 9.12. The van der Waals surface area contributed by atoms with Crippen LogP contribution in [0.1, 0.15) is 0 Å². The molecule has 0 saturated heterocycles. The van der Waals surface area contributed by atoms with E-state index >= 15 is 0 Å². The van der Waals surface area contributed by atoms with Crippen molar-refractivity contribution >= 4 is 29.7 Å². The molecule has 2 rings (SSSR count). The highest BCUT2D eigenvalue weighted by Gasteiger charge is 2.24. The maximum absolute atomic E-state index is 11.2. The fourth-order valence-electron chi connectivity index (χ4n) is 1.23. The van der Waals surface area contributed by atoms with E-state index in [1.165, 1.54) is 12.2 Å². The number of amides is 2. The molecule has 0 radical (unpaired) electrons. The topological polar surface area (TPSA) is 119 Å². The van der Waals surface area contributed by atoms with Crippen LogP contribution in [0, 0.1) is 10.8 Å². The molecule has 7 heteroatoms. The lowest BCUT2D eigenvalue weighted by Crippen LogP contribution is -2.29. The first-order valence-electron chi connectivity index (χ1n) is 4.81. The lowest BCUT2D eigenvalue weighted by Gasteiger charge is -2.12. The molecule has 1 aliphatic heterocycles. The summed E-state index contributed by atoms with van der Waals surface area (Å²) in [6, 6.07) is 8.86. The molecule has 1 aromatic rings. The monoisotopic (exact) mass is 259 g/mol. The summed E-state index contributed by atoms with van der Waals surface area (Å²) in [4.78, 5) is 40.2. The van der Waals surface area contributed by atoms with Crippen molar-refractivity contribution in [1.29, 1.82) is 10.8 Å². The largest absolute Gasteiger partial charge is 0.269 e. The molecule has 0 unspecified atom stereocenters. The summed E-state index contributed by atoms with van der Waals surface area (Å²) in [6.07, 6.45) is 4.05. The van der Waals surface area contributed by atoms with Gasteiger partial charge in [-0.1, -0.05) is 18.2 Å². The normalized spacial score (nSPS) is 11.5. The first-order valence-corrected chi connectivity index (χ1v) is 4.81. The van der Waals surface area contributed by atoms with Gasteiger partial charge in [-0.2, -0.15) is 0 Å². The summed E-state index contributed by atoms with van der Waals surface area (Å²) in [5.74, 6) is -0.563. The first kappa shape index (κ1) is 15.9. The quantitative estimate of drug-likeness (QED) is 0.442. The maximum Gasteiger partial charge on any atom is 0.258 e. The number of hydrogen-bond acceptors (Lipinski definition) is 6. The van der Waals surface area contributed by atoms with Crippen molar-refractivity contribution in [3.63, 3.8) is 0 Å². The van der Waals surface area contributed by atoms with Gasteiger partial charge in [0.25, 0.3) is 11.8 Å². The molecule has 0 fully saturated rings. The third-order valence-electron chi connectivity index (χ3n) is 1.82. The molecule has 7 nitrogen and oxygen atoms in total. The molecule has 0 aliphatic carbocycles. The van der Waals surface area contributed by atoms with Crippen LogP contribution in [0.25, 0.3) is 0 Å². The minimum absolute atomic E-state index is 0.281. The van der Waals surface area contributed by atoms with E-state index in [4.69, 9.17) is 20.4 Å². The zero-order valence-corrected chi connectivity index (χ0v) is 9.62. The Balaban J connectivity index is 0.000000465. The van der Waals surface area contributed by atoms with Gasteiger partial charge in [-0.05, 0) is 12.1 Å².